The van der Waals surface area contributed by atoms with Crippen LogP contribution in [0.25, 0.3) is 21.5 Å². The van der Waals surface area contributed by atoms with Crippen LogP contribution in [0.5, 0.6) is 0 Å². The van der Waals surface area contributed by atoms with Crippen molar-refractivity contribution >= 4 is 76.6 Å². The molecule has 0 spiro atoms. The maximum absolute atomic E-state index is 6.35. The number of benzene rings is 3. The van der Waals surface area contributed by atoms with Gasteiger partial charge in [-0.2, -0.15) is 0 Å². The predicted octanol–water partition coefficient (Wildman–Crippen LogP) is 6.82. The number of fused-ring (bicyclic) bond motifs is 3. The maximum Gasteiger partial charge on any atom is 0.0627 e. The van der Waals surface area contributed by atoms with Crippen LogP contribution in [0.2, 0.25) is 10.0 Å². The smallest absolute Gasteiger partial charge is 0.0627 e. The standard InChI is InChI=1S/C14H6Br2Cl2/c15-8-2-4-9-7(5-8)1-3-10-13(9)12(17)6-11(16)14(10)18/h1-6H. The van der Waals surface area contributed by atoms with Crippen LogP contribution in [-0.2, 0) is 0 Å². The van der Waals surface area contributed by atoms with Gasteiger partial charge in [0.2, 0.25) is 0 Å². The van der Waals surface area contributed by atoms with Crippen molar-refractivity contribution < 1.29 is 0 Å². The molecule has 0 fully saturated rings. The molecule has 4 heteroatoms. The highest BCUT2D eigenvalue weighted by atomic mass is 79.9. The monoisotopic (exact) mass is 402 g/mol. The third-order valence-electron chi connectivity index (χ3n) is 2.92. The normalized spacial score (nSPS) is 11.3. The van der Waals surface area contributed by atoms with Crippen LogP contribution in [0, 0.1) is 0 Å². The van der Waals surface area contributed by atoms with Gasteiger partial charge < -0.3 is 0 Å². The van der Waals surface area contributed by atoms with Crippen molar-refractivity contribution in [1.82, 2.24) is 0 Å². The highest BCUT2D eigenvalue weighted by molar-refractivity contribution is 9.10. The molecule has 3 aromatic carbocycles. The fourth-order valence-corrected chi connectivity index (χ4v) is 3.59. The van der Waals surface area contributed by atoms with Gasteiger partial charge in [-0.3, -0.25) is 0 Å². The summed E-state index contributed by atoms with van der Waals surface area (Å²) < 4.78 is 1.87. The van der Waals surface area contributed by atoms with Crippen LogP contribution < -0.4 is 0 Å². The molecule has 0 aliphatic carbocycles. The molecule has 0 N–H and O–H groups in total. The molecule has 0 saturated heterocycles. The van der Waals surface area contributed by atoms with E-state index in [4.69, 9.17) is 23.2 Å². The second kappa shape index (κ2) is 4.68. The lowest BCUT2D eigenvalue weighted by Gasteiger charge is -2.09. The van der Waals surface area contributed by atoms with Crippen molar-refractivity contribution in [2.75, 3.05) is 0 Å². The minimum absolute atomic E-state index is 0.694. The summed E-state index contributed by atoms with van der Waals surface area (Å²) in [5, 5.41) is 5.60. The second-order valence-corrected chi connectivity index (χ2v) is 6.56. The van der Waals surface area contributed by atoms with Gasteiger partial charge in [0.05, 0.1) is 10.0 Å². The van der Waals surface area contributed by atoms with Crippen LogP contribution in [0.15, 0.2) is 45.3 Å². The Kier molecular flexibility index (Phi) is 3.31. The lowest BCUT2D eigenvalue weighted by atomic mass is 10.0. The van der Waals surface area contributed by atoms with Gasteiger partial charge in [-0.1, -0.05) is 57.3 Å². The van der Waals surface area contributed by atoms with Gasteiger partial charge in [-0.15, -0.1) is 0 Å². The molecule has 0 radical (unpaired) electrons. The Balaban J connectivity index is 2.59. The van der Waals surface area contributed by atoms with E-state index in [-0.39, 0.29) is 0 Å². The van der Waals surface area contributed by atoms with E-state index >= 15 is 0 Å². The Hall–Kier alpha value is -0.280. The van der Waals surface area contributed by atoms with Crippen molar-refractivity contribution in [1.29, 1.82) is 0 Å². The third kappa shape index (κ3) is 1.96. The lowest BCUT2D eigenvalue weighted by molar-refractivity contribution is 1.70. The molecule has 0 aliphatic rings. The van der Waals surface area contributed by atoms with E-state index in [0.29, 0.717) is 10.0 Å². The van der Waals surface area contributed by atoms with Crippen LogP contribution in [0.4, 0.5) is 0 Å². The molecule has 3 rings (SSSR count). The Morgan fingerprint density at radius 3 is 2.33 bits per heavy atom. The molecule has 0 bridgehead atoms. The van der Waals surface area contributed by atoms with Gasteiger partial charge in [0.15, 0.2) is 0 Å². The van der Waals surface area contributed by atoms with E-state index < -0.39 is 0 Å². The zero-order chi connectivity index (χ0) is 12.9. The Labute approximate surface area is 131 Å². The highest BCUT2D eigenvalue weighted by Gasteiger charge is 2.11. The zero-order valence-corrected chi connectivity index (χ0v) is 13.7. The molecule has 0 nitrogen and oxygen atoms in total. The Morgan fingerprint density at radius 1 is 0.833 bits per heavy atom. The summed E-state index contributed by atoms with van der Waals surface area (Å²) in [6.07, 6.45) is 0. The number of hydrogen-bond acceptors (Lipinski definition) is 0. The molecule has 3 aromatic rings. The summed E-state index contributed by atoms with van der Waals surface area (Å²) in [6.45, 7) is 0. The molecule has 18 heavy (non-hydrogen) atoms. The molecular formula is C14H6Br2Cl2. The maximum atomic E-state index is 6.35. The van der Waals surface area contributed by atoms with E-state index in [2.05, 4.69) is 50.1 Å². The van der Waals surface area contributed by atoms with Crippen molar-refractivity contribution in [3.8, 4) is 0 Å². The average molecular weight is 405 g/mol. The predicted molar refractivity (Wildman–Crippen MR) is 86.9 cm³/mol. The van der Waals surface area contributed by atoms with Crippen LogP contribution in [0.3, 0.4) is 0 Å². The number of hydrogen-bond donors (Lipinski definition) is 0. The first-order valence-electron chi connectivity index (χ1n) is 5.23. The van der Waals surface area contributed by atoms with E-state index in [9.17, 15) is 0 Å². The summed E-state index contributed by atoms with van der Waals surface area (Å²) in [5.74, 6) is 0. The number of rotatable bonds is 0. The van der Waals surface area contributed by atoms with Gasteiger partial charge in [-0.25, -0.2) is 0 Å². The van der Waals surface area contributed by atoms with Gasteiger partial charge in [-0.05, 0) is 44.9 Å². The van der Waals surface area contributed by atoms with Crippen molar-refractivity contribution in [3.05, 3.63) is 55.4 Å². The molecule has 0 atom stereocenters. The fraction of sp³-hybridized carbons (Fsp3) is 0. The van der Waals surface area contributed by atoms with Gasteiger partial charge >= 0.3 is 0 Å². The minimum atomic E-state index is 0.694. The Morgan fingerprint density at radius 2 is 1.56 bits per heavy atom. The number of halogens is 4. The van der Waals surface area contributed by atoms with Gasteiger partial charge in [0, 0.05) is 19.7 Å². The van der Waals surface area contributed by atoms with Crippen LogP contribution >= 0.6 is 55.1 Å². The quantitative estimate of drug-likeness (QED) is 0.284. The highest BCUT2D eigenvalue weighted by Crippen LogP contribution is 2.40. The first kappa shape index (κ1) is 12.7. The largest absolute Gasteiger partial charge is 0.0836 e. The van der Waals surface area contributed by atoms with Crippen molar-refractivity contribution in [2.24, 2.45) is 0 Å². The van der Waals surface area contributed by atoms with E-state index in [0.717, 1.165) is 30.5 Å². The molecule has 0 heterocycles. The van der Waals surface area contributed by atoms with Crippen molar-refractivity contribution in [2.45, 2.75) is 0 Å². The van der Waals surface area contributed by atoms with Crippen LogP contribution in [-0.4, -0.2) is 0 Å². The minimum Gasteiger partial charge on any atom is -0.0836 e. The SMILES string of the molecule is Clc1c(Br)cc(Cl)c2c1ccc1cc(Br)ccc12. The fourth-order valence-electron chi connectivity index (χ4n) is 2.12. The molecule has 0 aliphatic heterocycles. The first-order chi connectivity index (χ1) is 8.58. The van der Waals surface area contributed by atoms with Gasteiger partial charge in [0.25, 0.3) is 0 Å². The first-order valence-corrected chi connectivity index (χ1v) is 7.57. The van der Waals surface area contributed by atoms with Crippen molar-refractivity contribution in [3.63, 3.8) is 0 Å². The zero-order valence-electron chi connectivity index (χ0n) is 8.98. The molecule has 0 amide bonds. The summed E-state index contributed by atoms with van der Waals surface area (Å²) in [7, 11) is 0. The topological polar surface area (TPSA) is 0 Å². The van der Waals surface area contributed by atoms with E-state index in [1.165, 1.54) is 0 Å². The summed E-state index contributed by atoms with van der Waals surface area (Å²) in [6, 6.07) is 12.0. The molecule has 0 unspecified atom stereocenters. The van der Waals surface area contributed by atoms with E-state index in [1.807, 2.05) is 18.2 Å². The Bertz CT molecular complexity index is 782. The molecule has 90 valence electrons. The molecule has 0 saturated carbocycles. The molecular weight excluding hydrogens is 399 g/mol. The average Bonchev–Trinajstić information content (AvgIpc) is 2.34. The van der Waals surface area contributed by atoms with Gasteiger partial charge in [0.1, 0.15) is 0 Å². The van der Waals surface area contributed by atoms with E-state index in [1.54, 1.807) is 0 Å². The summed E-state index contributed by atoms with van der Waals surface area (Å²) >= 11 is 19.6. The summed E-state index contributed by atoms with van der Waals surface area (Å²) in [4.78, 5) is 0. The lowest BCUT2D eigenvalue weighted by Crippen LogP contribution is -1.82. The second-order valence-electron chi connectivity index (χ2n) is 4.01. The third-order valence-corrected chi connectivity index (χ3v) is 4.97. The summed E-state index contributed by atoms with van der Waals surface area (Å²) in [5.41, 5.74) is 0. The van der Waals surface area contributed by atoms with Crippen LogP contribution in [0.1, 0.15) is 0 Å². The molecule has 0 aromatic heterocycles.